The van der Waals surface area contributed by atoms with E-state index in [0.29, 0.717) is 12.1 Å². The number of amides is 2. The molecule has 0 aliphatic rings. The van der Waals surface area contributed by atoms with Gasteiger partial charge in [-0.1, -0.05) is 70.5 Å². The van der Waals surface area contributed by atoms with Gasteiger partial charge in [0.1, 0.15) is 11.6 Å². The summed E-state index contributed by atoms with van der Waals surface area (Å²) in [6, 6.07) is 19.7. The molecule has 156 valence electrons. The molecule has 0 spiro atoms. The largest absolute Gasteiger partial charge is 0.458 e. The summed E-state index contributed by atoms with van der Waals surface area (Å²) in [4.78, 5) is 25.5. The number of carbonyl (C=O) groups excluding carboxylic acids is 2. The lowest BCUT2D eigenvalue weighted by Gasteiger charge is -2.25. The number of benzene rings is 3. The van der Waals surface area contributed by atoms with Gasteiger partial charge < -0.3 is 15.4 Å². The van der Waals surface area contributed by atoms with Crippen LogP contribution in [0.5, 0.6) is 0 Å². The van der Waals surface area contributed by atoms with Crippen molar-refractivity contribution in [3.05, 3.63) is 76.8 Å². The number of carbonyl (C=O) groups is 2. The molecule has 2 amide bonds. The first-order valence-corrected chi connectivity index (χ1v) is 10.5. The molecule has 0 aliphatic carbocycles. The lowest BCUT2D eigenvalue weighted by atomic mass is 10.1. The molecule has 0 aromatic heterocycles. The molecule has 1 atom stereocenters. The summed E-state index contributed by atoms with van der Waals surface area (Å²) in [6.07, 6.45) is 0.338. The highest BCUT2D eigenvalue weighted by atomic mass is 79.9. The fourth-order valence-electron chi connectivity index (χ4n) is 3.10. The Labute approximate surface area is 184 Å². The molecule has 0 saturated heterocycles. The van der Waals surface area contributed by atoms with E-state index in [2.05, 4.69) is 26.6 Å². The van der Waals surface area contributed by atoms with Gasteiger partial charge >= 0.3 is 12.0 Å². The first-order valence-electron chi connectivity index (χ1n) is 9.74. The van der Waals surface area contributed by atoms with Gasteiger partial charge in [-0.05, 0) is 43.9 Å². The second-order valence-electron chi connectivity index (χ2n) is 8.01. The van der Waals surface area contributed by atoms with Gasteiger partial charge in [-0.25, -0.2) is 9.59 Å². The fraction of sp³-hybridized carbons (Fsp3) is 0.250. The predicted octanol–water partition coefficient (Wildman–Crippen LogP) is 5.68. The fourth-order valence-corrected chi connectivity index (χ4v) is 3.58. The number of hydrogen-bond donors (Lipinski definition) is 2. The van der Waals surface area contributed by atoms with Gasteiger partial charge in [-0.2, -0.15) is 0 Å². The van der Waals surface area contributed by atoms with Crippen LogP contribution in [-0.4, -0.2) is 23.6 Å². The van der Waals surface area contributed by atoms with Crippen molar-refractivity contribution in [2.75, 3.05) is 5.32 Å². The molecule has 0 unspecified atom stereocenters. The third-order valence-corrected chi connectivity index (χ3v) is 5.09. The van der Waals surface area contributed by atoms with Crippen molar-refractivity contribution in [1.82, 2.24) is 5.32 Å². The Morgan fingerprint density at radius 1 is 0.933 bits per heavy atom. The molecule has 3 aromatic rings. The van der Waals surface area contributed by atoms with Crippen molar-refractivity contribution in [3.8, 4) is 0 Å². The molecule has 0 saturated carbocycles. The van der Waals surface area contributed by atoms with Crippen molar-refractivity contribution in [2.45, 2.75) is 38.8 Å². The summed E-state index contributed by atoms with van der Waals surface area (Å²) in [6.45, 7) is 5.41. The zero-order valence-electron chi connectivity index (χ0n) is 17.2. The maximum Gasteiger partial charge on any atom is 0.329 e. The molecule has 3 rings (SSSR count). The van der Waals surface area contributed by atoms with Gasteiger partial charge in [0.2, 0.25) is 0 Å². The minimum absolute atomic E-state index is 0.338. The van der Waals surface area contributed by atoms with E-state index in [1.807, 2.05) is 66.7 Å². The third-order valence-electron chi connectivity index (χ3n) is 4.40. The normalized spacial score (nSPS) is 12.3. The second-order valence-corrected chi connectivity index (χ2v) is 8.87. The number of hydrogen-bond acceptors (Lipinski definition) is 3. The van der Waals surface area contributed by atoms with E-state index < -0.39 is 23.6 Å². The van der Waals surface area contributed by atoms with Crippen molar-refractivity contribution in [2.24, 2.45) is 0 Å². The quantitative estimate of drug-likeness (QED) is 0.473. The van der Waals surface area contributed by atoms with Crippen molar-refractivity contribution in [1.29, 1.82) is 0 Å². The van der Waals surface area contributed by atoms with Crippen LogP contribution in [0.15, 0.2) is 71.2 Å². The summed E-state index contributed by atoms with van der Waals surface area (Å²) in [7, 11) is 0. The SMILES string of the molecule is CC(C)(C)OC(=O)[C@H](Cc1ccccc1)NC(=O)Nc1ccc(Br)c2ccccc12. The van der Waals surface area contributed by atoms with E-state index in [9.17, 15) is 9.59 Å². The molecule has 0 bridgehead atoms. The van der Waals surface area contributed by atoms with Gasteiger partial charge in [0.25, 0.3) is 0 Å². The van der Waals surface area contributed by atoms with Gasteiger partial charge in [0.05, 0.1) is 5.69 Å². The number of halogens is 1. The van der Waals surface area contributed by atoms with E-state index in [0.717, 1.165) is 20.8 Å². The maximum atomic E-state index is 12.8. The van der Waals surface area contributed by atoms with Crippen LogP contribution in [0.4, 0.5) is 10.5 Å². The van der Waals surface area contributed by atoms with E-state index in [4.69, 9.17) is 4.74 Å². The second kappa shape index (κ2) is 9.30. The van der Waals surface area contributed by atoms with E-state index in [1.165, 1.54) is 0 Å². The Hall–Kier alpha value is -2.86. The summed E-state index contributed by atoms with van der Waals surface area (Å²) >= 11 is 3.53. The topological polar surface area (TPSA) is 67.4 Å². The monoisotopic (exact) mass is 468 g/mol. The summed E-state index contributed by atoms with van der Waals surface area (Å²) in [5, 5.41) is 7.54. The number of nitrogens with one attached hydrogen (secondary N) is 2. The molecular weight excluding hydrogens is 444 g/mol. The number of rotatable bonds is 5. The minimum atomic E-state index is -0.812. The zero-order chi connectivity index (χ0) is 21.7. The van der Waals surface area contributed by atoms with Crippen LogP contribution >= 0.6 is 15.9 Å². The van der Waals surface area contributed by atoms with Crippen LogP contribution in [0.1, 0.15) is 26.3 Å². The van der Waals surface area contributed by atoms with Gasteiger partial charge in [-0.15, -0.1) is 0 Å². The van der Waals surface area contributed by atoms with E-state index >= 15 is 0 Å². The Bertz CT molecular complexity index is 1050. The van der Waals surface area contributed by atoms with Crippen LogP contribution < -0.4 is 10.6 Å². The standard InChI is InChI=1S/C24H25BrN2O3/c1-24(2,3)30-22(28)21(15-16-9-5-4-6-10-16)27-23(29)26-20-14-13-19(25)17-11-7-8-12-18(17)20/h4-14,21H,15H2,1-3H3,(H2,26,27,29)/t21-/m0/s1. The average molecular weight is 469 g/mol. The van der Waals surface area contributed by atoms with Crippen molar-refractivity contribution >= 4 is 44.4 Å². The summed E-state index contributed by atoms with van der Waals surface area (Å²) in [5.74, 6) is -0.470. The van der Waals surface area contributed by atoms with Crippen LogP contribution in [0.25, 0.3) is 10.8 Å². The third kappa shape index (κ3) is 5.83. The summed E-state index contributed by atoms with van der Waals surface area (Å²) in [5.41, 5.74) is 0.947. The van der Waals surface area contributed by atoms with Crippen LogP contribution in [0, 0.1) is 0 Å². The molecule has 0 heterocycles. The van der Waals surface area contributed by atoms with Crippen molar-refractivity contribution < 1.29 is 14.3 Å². The molecule has 0 aliphatic heterocycles. The zero-order valence-corrected chi connectivity index (χ0v) is 18.8. The smallest absolute Gasteiger partial charge is 0.329 e. The Kier molecular flexibility index (Phi) is 6.77. The van der Waals surface area contributed by atoms with E-state index in [-0.39, 0.29) is 0 Å². The Balaban J connectivity index is 1.79. The van der Waals surface area contributed by atoms with Gasteiger partial charge in [0.15, 0.2) is 0 Å². The van der Waals surface area contributed by atoms with Crippen LogP contribution in [-0.2, 0) is 16.0 Å². The lowest BCUT2D eigenvalue weighted by molar-refractivity contribution is -0.157. The molecule has 5 nitrogen and oxygen atoms in total. The average Bonchev–Trinajstić information content (AvgIpc) is 2.69. The summed E-state index contributed by atoms with van der Waals surface area (Å²) < 4.78 is 6.47. The minimum Gasteiger partial charge on any atom is -0.458 e. The highest BCUT2D eigenvalue weighted by Gasteiger charge is 2.27. The van der Waals surface area contributed by atoms with Crippen LogP contribution in [0.2, 0.25) is 0 Å². The number of anilines is 1. The number of esters is 1. The lowest BCUT2D eigenvalue weighted by Crippen LogP contribution is -2.47. The number of fused-ring (bicyclic) bond motifs is 1. The highest BCUT2D eigenvalue weighted by Crippen LogP contribution is 2.29. The first-order chi connectivity index (χ1) is 14.2. The molecule has 3 aromatic carbocycles. The highest BCUT2D eigenvalue weighted by molar-refractivity contribution is 9.10. The molecule has 2 N–H and O–H groups in total. The van der Waals surface area contributed by atoms with Crippen molar-refractivity contribution in [3.63, 3.8) is 0 Å². The molecule has 0 fully saturated rings. The molecule has 0 radical (unpaired) electrons. The van der Waals surface area contributed by atoms with Gasteiger partial charge in [-0.3, -0.25) is 0 Å². The number of ether oxygens (including phenoxy) is 1. The number of urea groups is 1. The Morgan fingerprint density at radius 3 is 2.23 bits per heavy atom. The van der Waals surface area contributed by atoms with Crippen LogP contribution in [0.3, 0.4) is 0 Å². The van der Waals surface area contributed by atoms with Gasteiger partial charge in [0, 0.05) is 16.3 Å². The molecule has 6 heteroatoms. The van der Waals surface area contributed by atoms with E-state index in [1.54, 1.807) is 20.8 Å². The first kappa shape index (κ1) is 21.8. The molecule has 30 heavy (non-hydrogen) atoms. The maximum absolute atomic E-state index is 12.8. The predicted molar refractivity (Wildman–Crippen MR) is 124 cm³/mol. The molecular formula is C24H25BrN2O3. The Morgan fingerprint density at radius 2 is 1.57 bits per heavy atom.